The molecule has 1 aliphatic heterocycles. The SMILES string of the molecule is C=CCSc1nc2n(n1)[C@@H](c1ccc(F)cc1)[C@@H]1C(=O)CCC=C1N2. The number of nitrogens with zero attached hydrogens (tertiary/aromatic N) is 3. The number of nitrogens with one attached hydrogen (secondary N) is 1. The minimum absolute atomic E-state index is 0.167. The van der Waals surface area contributed by atoms with E-state index < -0.39 is 0 Å². The number of hydrogen-bond donors (Lipinski definition) is 1. The van der Waals surface area contributed by atoms with Crippen LogP contribution in [0.15, 0.2) is 53.8 Å². The maximum Gasteiger partial charge on any atom is 0.227 e. The van der Waals surface area contributed by atoms with Crippen molar-refractivity contribution >= 4 is 23.5 Å². The zero-order chi connectivity index (χ0) is 17.4. The number of rotatable bonds is 4. The molecule has 1 aliphatic carbocycles. The Morgan fingerprint density at radius 3 is 2.96 bits per heavy atom. The van der Waals surface area contributed by atoms with Gasteiger partial charge in [-0.05, 0) is 24.1 Å². The minimum atomic E-state index is -0.342. The molecule has 0 radical (unpaired) electrons. The van der Waals surface area contributed by atoms with E-state index in [-0.39, 0.29) is 23.6 Å². The normalized spacial score (nSPS) is 21.8. The Balaban J connectivity index is 1.82. The Kier molecular flexibility index (Phi) is 4.17. The van der Waals surface area contributed by atoms with Gasteiger partial charge in [0.25, 0.3) is 0 Å². The molecule has 0 amide bonds. The predicted octanol–water partition coefficient (Wildman–Crippen LogP) is 3.57. The fourth-order valence-electron chi connectivity index (χ4n) is 3.34. The number of allylic oxidation sites excluding steroid dienone is 2. The van der Waals surface area contributed by atoms with Gasteiger partial charge in [-0.15, -0.1) is 11.7 Å². The lowest BCUT2D eigenvalue weighted by Gasteiger charge is -2.36. The third-order valence-corrected chi connectivity index (χ3v) is 5.26. The van der Waals surface area contributed by atoms with Crippen LogP contribution in [0.2, 0.25) is 0 Å². The van der Waals surface area contributed by atoms with Crippen LogP contribution in [-0.4, -0.2) is 26.3 Å². The quantitative estimate of drug-likeness (QED) is 0.670. The molecule has 128 valence electrons. The van der Waals surface area contributed by atoms with E-state index in [1.54, 1.807) is 22.9 Å². The molecule has 1 aromatic heterocycles. The number of Topliss-reactive ketones (excluding diaryl/α,β-unsaturated/α-hetero) is 1. The average Bonchev–Trinajstić information content (AvgIpc) is 3.01. The lowest BCUT2D eigenvalue weighted by Crippen LogP contribution is -2.38. The van der Waals surface area contributed by atoms with Gasteiger partial charge >= 0.3 is 0 Å². The fraction of sp³-hybridized carbons (Fsp3) is 0.278. The van der Waals surface area contributed by atoms with Crippen LogP contribution in [0, 0.1) is 11.7 Å². The van der Waals surface area contributed by atoms with Crippen LogP contribution in [0.25, 0.3) is 0 Å². The summed E-state index contributed by atoms with van der Waals surface area (Å²) in [7, 11) is 0. The zero-order valence-corrected chi connectivity index (χ0v) is 14.3. The number of fused-ring (bicyclic) bond motifs is 2. The molecule has 0 spiro atoms. The van der Waals surface area contributed by atoms with Crippen molar-refractivity contribution < 1.29 is 9.18 Å². The topological polar surface area (TPSA) is 59.8 Å². The standard InChI is InChI=1S/C18H17FN4OS/c1-2-10-25-18-21-17-20-13-4-3-5-14(24)15(13)16(23(17)22-18)11-6-8-12(19)9-7-11/h2,4,6-9,15-16H,1,3,5,10H2,(H,20,21,22)/t15-,16-/m0/s1. The van der Waals surface area contributed by atoms with Crippen molar-refractivity contribution in [1.82, 2.24) is 14.8 Å². The number of anilines is 1. The summed E-state index contributed by atoms with van der Waals surface area (Å²) >= 11 is 1.48. The molecule has 4 rings (SSSR count). The predicted molar refractivity (Wildman–Crippen MR) is 94.9 cm³/mol. The van der Waals surface area contributed by atoms with E-state index in [9.17, 15) is 9.18 Å². The van der Waals surface area contributed by atoms with Gasteiger partial charge in [-0.3, -0.25) is 4.79 Å². The first-order valence-electron chi connectivity index (χ1n) is 8.13. The Morgan fingerprint density at radius 1 is 1.40 bits per heavy atom. The summed E-state index contributed by atoms with van der Waals surface area (Å²) in [5, 5.41) is 8.46. The van der Waals surface area contributed by atoms with E-state index in [0.29, 0.717) is 23.3 Å². The van der Waals surface area contributed by atoms with Crippen LogP contribution in [0.5, 0.6) is 0 Å². The van der Waals surface area contributed by atoms with Crippen LogP contribution >= 0.6 is 11.8 Å². The van der Waals surface area contributed by atoms with E-state index in [1.807, 2.05) is 0 Å². The maximum absolute atomic E-state index is 13.4. The van der Waals surface area contributed by atoms with Gasteiger partial charge in [-0.2, -0.15) is 4.98 Å². The maximum atomic E-state index is 13.4. The highest BCUT2D eigenvalue weighted by Gasteiger charge is 2.41. The third kappa shape index (κ3) is 2.89. The lowest BCUT2D eigenvalue weighted by molar-refractivity contribution is -0.123. The van der Waals surface area contributed by atoms with Crippen molar-refractivity contribution in [2.24, 2.45) is 5.92 Å². The second-order valence-electron chi connectivity index (χ2n) is 6.03. The van der Waals surface area contributed by atoms with E-state index in [2.05, 4.69) is 28.1 Å². The number of aromatic nitrogens is 3. The molecular weight excluding hydrogens is 339 g/mol. The molecule has 1 N–H and O–H groups in total. The number of ketones is 1. The number of hydrogen-bond acceptors (Lipinski definition) is 5. The Bertz CT molecular complexity index is 858. The molecular formula is C18H17FN4OS. The Morgan fingerprint density at radius 2 is 2.20 bits per heavy atom. The molecule has 25 heavy (non-hydrogen) atoms. The molecule has 0 unspecified atom stereocenters. The van der Waals surface area contributed by atoms with Crippen molar-refractivity contribution in [2.45, 2.75) is 24.0 Å². The minimum Gasteiger partial charge on any atom is -0.328 e. The molecule has 2 aliphatic rings. The molecule has 5 nitrogen and oxygen atoms in total. The highest BCUT2D eigenvalue weighted by Crippen LogP contribution is 2.41. The highest BCUT2D eigenvalue weighted by molar-refractivity contribution is 7.99. The highest BCUT2D eigenvalue weighted by atomic mass is 32.2. The lowest BCUT2D eigenvalue weighted by atomic mass is 9.81. The van der Waals surface area contributed by atoms with E-state index >= 15 is 0 Å². The Hall–Kier alpha value is -2.41. The van der Waals surface area contributed by atoms with Gasteiger partial charge in [0, 0.05) is 17.9 Å². The van der Waals surface area contributed by atoms with Crippen LogP contribution in [0.1, 0.15) is 24.4 Å². The van der Waals surface area contributed by atoms with Crippen molar-refractivity contribution in [3.63, 3.8) is 0 Å². The number of carbonyl (C=O) groups is 1. The summed E-state index contributed by atoms with van der Waals surface area (Å²) in [5.41, 5.74) is 1.71. The first-order chi connectivity index (χ1) is 12.2. The van der Waals surface area contributed by atoms with Gasteiger partial charge in [0.15, 0.2) is 0 Å². The summed E-state index contributed by atoms with van der Waals surface area (Å²) < 4.78 is 15.1. The summed E-state index contributed by atoms with van der Waals surface area (Å²) in [4.78, 5) is 17.2. The van der Waals surface area contributed by atoms with Crippen LogP contribution in [0.4, 0.5) is 10.3 Å². The van der Waals surface area contributed by atoms with Crippen LogP contribution < -0.4 is 5.32 Å². The molecule has 1 aromatic carbocycles. The monoisotopic (exact) mass is 356 g/mol. The molecule has 2 atom stereocenters. The van der Waals surface area contributed by atoms with Gasteiger partial charge in [0.05, 0.1) is 12.0 Å². The number of halogens is 1. The summed E-state index contributed by atoms with van der Waals surface area (Å²) in [6.45, 7) is 3.71. The van der Waals surface area contributed by atoms with E-state index in [4.69, 9.17) is 0 Å². The van der Waals surface area contributed by atoms with Crippen molar-refractivity contribution in [1.29, 1.82) is 0 Å². The first kappa shape index (κ1) is 16.1. The van der Waals surface area contributed by atoms with Gasteiger partial charge in [0.2, 0.25) is 11.1 Å². The van der Waals surface area contributed by atoms with Gasteiger partial charge < -0.3 is 5.32 Å². The van der Waals surface area contributed by atoms with Crippen LogP contribution in [0.3, 0.4) is 0 Å². The molecule has 0 fully saturated rings. The molecule has 7 heteroatoms. The van der Waals surface area contributed by atoms with Gasteiger partial charge in [-0.25, -0.2) is 9.07 Å². The van der Waals surface area contributed by atoms with E-state index in [1.165, 1.54) is 23.9 Å². The fourth-order valence-corrected chi connectivity index (χ4v) is 3.91. The summed E-state index contributed by atoms with van der Waals surface area (Å²) in [6, 6.07) is 5.94. The van der Waals surface area contributed by atoms with Crippen molar-refractivity contribution in [3.8, 4) is 0 Å². The molecule has 0 bridgehead atoms. The molecule has 0 saturated carbocycles. The largest absolute Gasteiger partial charge is 0.328 e. The van der Waals surface area contributed by atoms with Crippen molar-refractivity contribution in [3.05, 3.63) is 60.1 Å². The smallest absolute Gasteiger partial charge is 0.227 e. The summed E-state index contributed by atoms with van der Waals surface area (Å²) in [6.07, 6.45) is 5.08. The summed E-state index contributed by atoms with van der Waals surface area (Å²) in [5.74, 6) is 0.837. The molecule has 0 saturated heterocycles. The van der Waals surface area contributed by atoms with Crippen molar-refractivity contribution in [2.75, 3.05) is 11.1 Å². The van der Waals surface area contributed by atoms with Gasteiger partial charge in [-0.1, -0.05) is 36.0 Å². The molecule has 2 aromatic rings. The second-order valence-corrected chi connectivity index (χ2v) is 7.01. The third-order valence-electron chi connectivity index (χ3n) is 4.43. The van der Waals surface area contributed by atoms with Gasteiger partial charge in [0.1, 0.15) is 11.6 Å². The van der Waals surface area contributed by atoms with E-state index in [0.717, 1.165) is 17.7 Å². The van der Waals surface area contributed by atoms with Crippen LogP contribution in [-0.2, 0) is 4.79 Å². The zero-order valence-electron chi connectivity index (χ0n) is 13.5. The number of thioether (sulfide) groups is 1. The molecule has 2 heterocycles. The first-order valence-corrected chi connectivity index (χ1v) is 9.11. The second kappa shape index (κ2) is 6.48. The number of carbonyl (C=O) groups excluding carboxylic acids is 1. The average molecular weight is 356 g/mol. The Labute approximate surface area is 149 Å². The number of benzene rings is 1.